The zero-order valence-corrected chi connectivity index (χ0v) is 12.6. The van der Waals surface area contributed by atoms with E-state index in [1.807, 2.05) is 13.2 Å². The summed E-state index contributed by atoms with van der Waals surface area (Å²) in [5.74, 6) is -0.650. The molecule has 0 saturated carbocycles. The molecule has 0 aliphatic rings. The lowest BCUT2D eigenvalue weighted by atomic mass is 10.2. The lowest BCUT2D eigenvalue weighted by Gasteiger charge is -2.27. The molecule has 0 heterocycles. The first-order chi connectivity index (χ1) is 8.97. The van der Waals surface area contributed by atoms with Gasteiger partial charge in [0.15, 0.2) is 0 Å². The van der Waals surface area contributed by atoms with Crippen molar-refractivity contribution in [2.24, 2.45) is 0 Å². The number of amides is 1. The Kier molecular flexibility index (Phi) is 9.63. The van der Waals surface area contributed by atoms with Crippen LogP contribution < -0.4 is 5.32 Å². The first-order valence-corrected chi connectivity index (χ1v) is 7.74. The maximum absolute atomic E-state index is 12.0. The molecule has 0 aromatic carbocycles. The van der Waals surface area contributed by atoms with E-state index in [0.29, 0.717) is 25.3 Å². The van der Waals surface area contributed by atoms with E-state index < -0.39 is 18.1 Å². The van der Waals surface area contributed by atoms with Gasteiger partial charge in [-0.1, -0.05) is 6.92 Å². The third kappa shape index (κ3) is 6.79. The smallest absolute Gasteiger partial charge is 0.326 e. The zero-order valence-electron chi connectivity index (χ0n) is 11.8. The second-order valence-electron chi connectivity index (χ2n) is 4.21. The predicted molar refractivity (Wildman–Crippen MR) is 76.4 cm³/mol. The Balaban J connectivity index is 4.48. The number of nitrogens with zero attached hydrogens (tertiary/aromatic N) is 1. The highest BCUT2D eigenvalue weighted by atomic mass is 32.2. The number of aliphatic hydroxyl groups is 1. The van der Waals surface area contributed by atoms with E-state index in [-0.39, 0.29) is 12.5 Å². The number of carbonyl (C=O) groups excluding carboxylic acids is 1. The van der Waals surface area contributed by atoms with Gasteiger partial charge in [-0.25, -0.2) is 4.79 Å². The number of aliphatic hydroxyl groups excluding tert-OH is 1. The molecular formula is C12H24N2O4S. The lowest BCUT2D eigenvalue weighted by Crippen LogP contribution is -2.51. The van der Waals surface area contributed by atoms with E-state index in [1.165, 1.54) is 0 Å². The number of carbonyl (C=O) groups is 2. The van der Waals surface area contributed by atoms with Crippen molar-refractivity contribution in [3.8, 4) is 0 Å². The van der Waals surface area contributed by atoms with Gasteiger partial charge in [0.05, 0.1) is 12.6 Å². The number of hydrogen-bond donors (Lipinski definition) is 3. The molecule has 7 heteroatoms. The summed E-state index contributed by atoms with van der Waals surface area (Å²) in [6.07, 6.45) is 2.30. The maximum atomic E-state index is 12.0. The Morgan fingerprint density at radius 1 is 1.42 bits per heavy atom. The van der Waals surface area contributed by atoms with Crippen molar-refractivity contribution >= 4 is 23.6 Å². The molecule has 1 amide bonds. The fraction of sp³-hybridized carbons (Fsp3) is 0.833. The molecular weight excluding hydrogens is 268 g/mol. The molecule has 0 aromatic rings. The second-order valence-corrected chi connectivity index (χ2v) is 5.19. The monoisotopic (exact) mass is 292 g/mol. The van der Waals surface area contributed by atoms with Gasteiger partial charge in [0.1, 0.15) is 6.04 Å². The Morgan fingerprint density at radius 2 is 2.05 bits per heavy atom. The minimum Gasteiger partial charge on any atom is -0.480 e. The van der Waals surface area contributed by atoms with Gasteiger partial charge in [-0.15, -0.1) is 0 Å². The van der Waals surface area contributed by atoms with Crippen LogP contribution in [0.4, 0.5) is 0 Å². The highest BCUT2D eigenvalue weighted by Crippen LogP contribution is 2.04. The van der Waals surface area contributed by atoms with Crippen LogP contribution in [0.2, 0.25) is 0 Å². The summed E-state index contributed by atoms with van der Waals surface area (Å²) >= 11 is 1.54. The van der Waals surface area contributed by atoms with Crippen LogP contribution in [0.15, 0.2) is 0 Å². The first kappa shape index (κ1) is 18.2. The van der Waals surface area contributed by atoms with Gasteiger partial charge in [-0.3, -0.25) is 9.69 Å². The summed E-state index contributed by atoms with van der Waals surface area (Å²) in [5, 5.41) is 20.5. The van der Waals surface area contributed by atoms with Crippen LogP contribution in [-0.4, -0.2) is 70.8 Å². The Labute approximate surface area is 118 Å². The third-order valence-electron chi connectivity index (χ3n) is 2.95. The van der Waals surface area contributed by atoms with Gasteiger partial charge < -0.3 is 15.5 Å². The largest absolute Gasteiger partial charge is 0.480 e. The van der Waals surface area contributed by atoms with E-state index in [4.69, 9.17) is 10.2 Å². The van der Waals surface area contributed by atoms with E-state index in [0.717, 1.165) is 0 Å². The predicted octanol–water partition coefficient (Wildman–Crippen LogP) is 0.0116. The number of likely N-dealkylation sites (N-methyl/N-ethyl adjacent to an activating group) is 1. The molecule has 19 heavy (non-hydrogen) atoms. The Bertz CT molecular complexity index is 289. The van der Waals surface area contributed by atoms with Crippen molar-refractivity contribution < 1.29 is 19.8 Å². The summed E-state index contributed by atoms with van der Waals surface area (Å²) in [7, 11) is 0. The van der Waals surface area contributed by atoms with E-state index >= 15 is 0 Å². The van der Waals surface area contributed by atoms with Gasteiger partial charge >= 0.3 is 5.97 Å². The van der Waals surface area contributed by atoms with Crippen molar-refractivity contribution in [1.82, 2.24) is 10.2 Å². The number of thioether (sulfide) groups is 1. The molecule has 0 aliphatic carbocycles. The van der Waals surface area contributed by atoms with Gasteiger partial charge in [-0.05, 0) is 31.9 Å². The summed E-state index contributed by atoms with van der Waals surface area (Å²) < 4.78 is 0. The molecule has 0 aromatic heterocycles. The van der Waals surface area contributed by atoms with Crippen LogP contribution >= 0.6 is 11.8 Å². The number of aliphatic carboxylic acids is 1. The molecule has 0 radical (unpaired) electrons. The zero-order chi connectivity index (χ0) is 14.8. The van der Waals surface area contributed by atoms with Crippen molar-refractivity contribution in [3.05, 3.63) is 0 Å². The number of hydrogen-bond acceptors (Lipinski definition) is 5. The normalized spacial score (nSPS) is 14.2. The SMILES string of the molecule is CCN(CCO)C(C)C(=O)NC(CCSC)C(=O)O. The minimum absolute atomic E-state index is 0.0275. The summed E-state index contributed by atoms with van der Waals surface area (Å²) in [4.78, 5) is 24.8. The van der Waals surface area contributed by atoms with E-state index in [9.17, 15) is 9.59 Å². The highest BCUT2D eigenvalue weighted by Gasteiger charge is 2.25. The fourth-order valence-corrected chi connectivity index (χ4v) is 2.18. The van der Waals surface area contributed by atoms with Crippen molar-refractivity contribution in [2.45, 2.75) is 32.4 Å². The van der Waals surface area contributed by atoms with Crippen LogP contribution in [-0.2, 0) is 9.59 Å². The summed E-state index contributed by atoms with van der Waals surface area (Å²) in [6, 6.07) is -1.30. The Hall–Kier alpha value is -0.790. The topological polar surface area (TPSA) is 89.9 Å². The van der Waals surface area contributed by atoms with Crippen LogP contribution in [0.5, 0.6) is 0 Å². The van der Waals surface area contributed by atoms with Crippen molar-refractivity contribution in [2.75, 3.05) is 31.7 Å². The van der Waals surface area contributed by atoms with Gasteiger partial charge in [0, 0.05) is 6.54 Å². The Morgan fingerprint density at radius 3 is 2.47 bits per heavy atom. The molecule has 0 rings (SSSR count). The van der Waals surface area contributed by atoms with Crippen LogP contribution in [0.1, 0.15) is 20.3 Å². The molecule has 2 unspecified atom stereocenters. The van der Waals surface area contributed by atoms with Gasteiger partial charge in [0.25, 0.3) is 0 Å². The van der Waals surface area contributed by atoms with Gasteiger partial charge in [0.2, 0.25) is 5.91 Å². The molecule has 3 N–H and O–H groups in total. The average Bonchev–Trinajstić information content (AvgIpc) is 2.39. The molecule has 0 spiro atoms. The minimum atomic E-state index is -1.01. The van der Waals surface area contributed by atoms with E-state index in [2.05, 4.69) is 5.32 Å². The first-order valence-electron chi connectivity index (χ1n) is 6.34. The number of carboxylic acid groups (broad SMARTS) is 1. The summed E-state index contributed by atoms with van der Waals surface area (Å²) in [6.45, 7) is 4.59. The standard InChI is InChI=1S/C12H24N2O4S/c1-4-14(6-7-15)9(2)11(16)13-10(12(17)18)5-8-19-3/h9-10,15H,4-8H2,1-3H3,(H,13,16)(H,17,18). The summed E-state index contributed by atoms with van der Waals surface area (Å²) in [5.41, 5.74) is 0. The maximum Gasteiger partial charge on any atom is 0.326 e. The molecule has 2 atom stereocenters. The highest BCUT2D eigenvalue weighted by molar-refractivity contribution is 7.98. The third-order valence-corrected chi connectivity index (χ3v) is 3.59. The molecule has 0 fully saturated rings. The molecule has 0 aliphatic heterocycles. The number of carboxylic acids is 1. The fourth-order valence-electron chi connectivity index (χ4n) is 1.71. The van der Waals surface area contributed by atoms with Gasteiger partial charge in [-0.2, -0.15) is 11.8 Å². The molecule has 112 valence electrons. The lowest BCUT2D eigenvalue weighted by molar-refractivity contribution is -0.142. The molecule has 0 saturated heterocycles. The average molecular weight is 292 g/mol. The van der Waals surface area contributed by atoms with Crippen LogP contribution in [0.3, 0.4) is 0 Å². The second kappa shape index (κ2) is 10.1. The quantitative estimate of drug-likeness (QED) is 0.525. The van der Waals surface area contributed by atoms with E-state index in [1.54, 1.807) is 23.6 Å². The molecule has 6 nitrogen and oxygen atoms in total. The van der Waals surface area contributed by atoms with Crippen molar-refractivity contribution in [1.29, 1.82) is 0 Å². The van der Waals surface area contributed by atoms with Crippen molar-refractivity contribution in [3.63, 3.8) is 0 Å². The molecule has 0 bridgehead atoms. The van der Waals surface area contributed by atoms with Crippen LogP contribution in [0, 0.1) is 0 Å². The number of nitrogens with one attached hydrogen (secondary N) is 1. The number of rotatable bonds is 10. The van der Waals surface area contributed by atoms with Crippen LogP contribution in [0.25, 0.3) is 0 Å².